The van der Waals surface area contributed by atoms with Gasteiger partial charge in [-0.05, 0) is 51.4 Å². The predicted octanol–water partition coefficient (Wildman–Crippen LogP) is 3.23. The third-order valence-electron chi connectivity index (χ3n) is 7.50. The molecule has 0 bridgehead atoms. The number of carbonyl (C=O) groups excluding carboxylic acids is 4. The summed E-state index contributed by atoms with van der Waals surface area (Å²) in [6.07, 6.45) is 2.89. The van der Waals surface area contributed by atoms with Crippen LogP contribution in [-0.4, -0.2) is 66.0 Å². The van der Waals surface area contributed by atoms with Gasteiger partial charge in [-0.3, -0.25) is 14.1 Å². The molecule has 1 heterocycles. The fourth-order valence-corrected chi connectivity index (χ4v) is 5.86. The second-order valence-corrected chi connectivity index (χ2v) is 11.7. The lowest BCUT2D eigenvalue weighted by Gasteiger charge is -2.44. The van der Waals surface area contributed by atoms with Gasteiger partial charge < -0.3 is 18.9 Å². The van der Waals surface area contributed by atoms with Crippen molar-refractivity contribution in [3.05, 3.63) is 0 Å². The Labute approximate surface area is 219 Å². The van der Waals surface area contributed by atoms with Gasteiger partial charge in [-0.25, -0.2) is 9.59 Å². The molecule has 1 saturated heterocycles. The summed E-state index contributed by atoms with van der Waals surface area (Å²) >= 11 is 0. The highest BCUT2D eigenvalue weighted by molar-refractivity contribution is 7.86. The van der Waals surface area contributed by atoms with Gasteiger partial charge in [-0.1, -0.05) is 25.7 Å². The summed E-state index contributed by atoms with van der Waals surface area (Å²) in [6, 6.07) is 0. The number of hydrogen-bond donors (Lipinski definition) is 1. The van der Waals surface area contributed by atoms with E-state index in [1.807, 2.05) is 0 Å². The third-order valence-corrected chi connectivity index (χ3v) is 8.52. The molecule has 0 radical (unpaired) electrons. The second-order valence-electron chi connectivity index (χ2n) is 10.2. The van der Waals surface area contributed by atoms with Crippen molar-refractivity contribution in [3.63, 3.8) is 0 Å². The standard InChI is InChI=1S/C24H34F2O11S/c1-15(24(25,26)38(31,32)33)34-19(27)10-11-20(28)35-17-14-18(36-21(17)29)22(30)37-23(12-6-3-7-13-23)16-8-4-2-5-9-16/h15-18H,2-14H2,1H3,(H,31,32,33). The summed E-state index contributed by atoms with van der Waals surface area (Å²) < 4.78 is 77.3. The van der Waals surface area contributed by atoms with Gasteiger partial charge >= 0.3 is 39.2 Å². The minimum atomic E-state index is -5.82. The molecule has 3 fully saturated rings. The van der Waals surface area contributed by atoms with E-state index in [1.165, 1.54) is 0 Å². The molecule has 38 heavy (non-hydrogen) atoms. The fourth-order valence-electron chi connectivity index (χ4n) is 5.39. The number of rotatable bonds is 10. The minimum Gasteiger partial charge on any atom is -0.456 e. The molecule has 2 saturated carbocycles. The van der Waals surface area contributed by atoms with E-state index in [4.69, 9.17) is 18.8 Å². The first-order valence-electron chi connectivity index (χ1n) is 12.9. The van der Waals surface area contributed by atoms with Gasteiger partial charge in [0.2, 0.25) is 12.2 Å². The Hall–Kier alpha value is -2.35. The maximum atomic E-state index is 13.5. The molecule has 14 heteroatoms. The largest absolute Gasteiger partial charge is 0.456 e. The summed E-state index contributed by atoms with van der Waals surface area (Å²) in [4.78, 5) is 49.0. The van der Waals surface area contributed by atoms with E-state index >= 15 is 0 Å². The highest BCUT2D eigenvalue weighted by Gasteiger charge is 2.52. The molecule has 2 aliphatic carbocycles. The molecule has 3 aliphatic rings. The molecular weight excluding hydrogens is 534 g/mol. The van der Waals surface area contributed by atoms with Crippen LogP contribution < -0.4 is 0 Å². The van der Waals surface area contributed by atoms with E-state index in [1.54, 1.807) is 0 Å². The Morgan fingerprint density at radius 3 is 2.24 bits per heavy atom. The van der Waals surface area contributed by atoms with E-state index in [-0.39, 0.29) is 12.3 Å². The van der Waals surface area contributed by atoms with E-state index in [9.17, 15) is 36.4 Å². The zero-order valence-corrected chi connectivity index (χ0v) is 22.0. The Balaban J connectivity index is 1.49. The van der Waals surface area contributed by atoms with Crippen molar-refractivity contribution in [1.82, 2.24) is 0 Å². The summed E-state index contributed by atoms with van der Waals surface area (Å²) in [7, 11) is -5.82. The highest BCUT2D eigenvalue weighted by Crippen LogP contribution is 2.44. The SMILES string of the molecule is CC(OC(=O)CCC(=O)OC1CC(C(=O)OC2(C3CCCCC3)CCCCC2)OC1=O)C(F)(F)S(=O)(=O)O. The second kappa shape index (κ2) is 12.2. The number of halogens is 2. The van der Waals surface area contributed by atoms with Gasteiger partial charge in [-0.15, -0.1) is 0 Å². The van der Waals surface area contributed by atoms with Gasteiger partial charge in [0.25, 0.3) is 0 Å². The van der Waals surface area contributed by atoms with Crippen LogP contribution in [0.1, 0.15) is 90.4 Å². The zero-order chi connectivity index (χ0) is 28.1. The number of cyclic esters (lactones) is 1. The lowest BCUT2D eigenvalue weighted by Crippen LogP contribution is -2.47. The zero-order valence-electron chi connectivity index (χ0n) is 21.2. The molecule has 0 aromatic heterocycles. The first-order valence-corrected chi connectivity index (χ1v) is 14.4. The molecule has 3 rings (SSSR count). The van der Waals surface area contributed by atoms with Crippen LogP contribution >= 0.6 is 0 Å². The Kier molecular flexibility index (Phi) is 9.71. The van der Waals surface area contributed by atoms with Crippen molar-refractivity contribution in [2.75, 3.05) is 0 Å². The third kappa shape index (κ3) is 7.19. The van der Waals surface area contributed by atoms with Crippen LogP contribution in [0.15, 0.2) is 0 Å². The lowest BCUT2D eigenvalue weighted by atomic mass is 9.69. The number of esters is 4. The topological polar surface area (TPSA) is 160 Å². The molecule has 1 aliphatic heterocycles. The lowest BCUT2D eigenvalue weighted by molar-refractivity contribution is -0.185. The molecule has 0 aromatic carbocycles. The maximum Gasteiger partial charge on any atom is 0.405 e. The highest BCUT2D eigenvalue weighted by atomic mass is 32.2. The Bertz CT molecular complexity index is 1000. The van der Waals surface area contributed by atoms with E-state index in [2.05, 4.69) is 4.74 Å². The predicted molar refractivity (Wildman–Crippen MR) is 124 cm³/mol. The maximum absolute atomic E-state index is 13.5. The average molecular weight is 569 g/mol. The van der Waals surface area contributed by atoms with Gasteiger partial charge in [0.1, 0.15) is 5.60 Å². The number of carbonyl (C=O) groups is 4. The van der Waals surface area contributed by atoms with Crippen LogP contribution in [0.25, 0.3) is 0 Å². The summed E-state index contributed by atoms with van der Waals surface area (Å²) in [5, 5.41) is -4.74. The van der Waals surface area contributed by atoms with E-state index < -0.39 is 76.0 Å². The molecule has 3 atom stereocenters. The Morgan fingerprint density at radius 1 is 1.05 bits per heavy atom. The van der Waals surface area contributed by atoms with Crippen molar-refractivity contribution >= 4 is 34.0 Å². The van der Waals surface area contributed by atoms with Gasteiger partial charge in [0, 0.05) is 6.42 Å². The van der Waals surface area contributed by atoms with Gasteiger partial charge in [0.05, 0.1) is 12.8 Å². The molecule has 0 aromatic rings. The quantitative estimate of drug-likeness (QED) is 0.234. The summed E-state index contributed by atoms with van der Waals surface area (Å²) in [5.74, 6) is -3.78. The van der Waals surface area contributed by atoms with Crippen LogP contribution in [0.5, 0.6) is 0 Å². The number of hydrogen-bond acceptors (Lipinski definition) is 10. The average Bonchev–Trinajstić information content (AvgIpc) is 3.23. The summed E-state index contributed by atoms with van der Waals surface area (Å²) in [5.41, 5.74) is -0.583. The van der Waals surface area contributed by atoms with Gasteiger partial charge in [0.15, 0.2) is 6.10 Å². The van der Waals surface area contributed by atoms with Gasteiger partial charge in [-0.2, -0.15) is 17.2 Å². The van der Waals surface area contributed by atoms with Crippen LogP contribution in [0.2, 0.25) is 0 Å². The first kappa shape index (κ1) is 30.2. The smallest absolute Gasteiger partial charge is 0.405 e. The Morgan fingerprint density at radius 2 is 1.63 bits per heavy atom. The molecule has 0 amide bonds. The monoisotopic (exact) mass is 568 g/mol. The molecule has 11 nitrogen and oxygen atoms in total. The van der Waals surface area contributed by atoms with Crippen LogP contribution in [0.3, 0.4) is 0 Å². The number of alkyl halides is 2. The fraction of sp³-hybridized carbons (Fsp3) is 0.833. The normalized spacial score (nSPS) is 25.2. The molecule has 216 valence electrons. The van der Waals surface area contributed by atoms with Crippen molar-refractivity contribution < 1.29 is 59.9 Å². The van der Waals surface area contributed by atoms with E-state index in [0.29, 0.717) is 6.92 Å². The molecule has 1 N–H and O–H groups in total. The number of ether oxygens (including phenoxy) is 4. The van der Waals surface area contributed by atoms with Crippen molar-refractivity contribution in [3.8, 4) is 0 Å². The van der Waals surface area contributed by atoms with Crippen LogP contribution in [-0.2, 0) is 48.2 Å². The minimum absolute atomic E-state index is 0.256. The first-order chi connectivity index (χ1) is 17.7. The van der Waals surface area contributed by atoms with Crippen molar-refractivity contribution in [2.45, 2.75) is 120 Å². The van der Waals surface area contributed by atoms with E-state index in [0.717, 1.165) is 64.2 Å². The van der Waals surface area contributed by atoms with Crippen molar-refractivity contribution in [2.24, 2.45) is 5.92 Å². The molecule has 0 spiro atoms. The van der Waals surface area contributed by atoms with Crippen LogP contribution in [0.4, 0.5) is 8.78 Å². The molecule has 3 unspecified atom stereocenters. The molecular formula is C24H34F2O11S. The van der Waals surface area contributed by atoms with Crippen LogP contribution in [0, 0.1) is 5.92 Å². The summed E-state index contributed by atoms with van der Waals surface area (Å²) in [6.45, 7) is 0.559. The van der Waals surface area contributed by atoms with Crippen molar-refractivity contribution in [1.29, 1.82) is 0 Å².